The zero-order valence-corrected chi connectivity index (χ0v) is 11.3. The third kappa shape index (κ3) is 1.95. The van der Waals surface area contributed by atoms with Crippen LogP contribution in [0, 0.1) is 5.82 Å². The van der Waals surface area contributed by atoms with Gasteiger partial charge in [0, 0.05) is 0 Å². The molecule has 0 spiro atoms. The van der Waals surface area contributed by atoms with Crippen LogP contribution >= 0.6 is 15.9 Å². The lowest BCUT2D eigenvalue weighted by molar-refractivity contribution is 0.0120. The van der Waals surface area contributed by atoms with Crippen molar-refractivity contribution in [3.63, 3.8) is 0 Å². The molecule has 0 radical (unpaired) electrons. The molecule has 94 valence electrons. The lowest BCUT2D eigenvalue weighted by atomic mass is 10.2. The number of pyridine rings is 1. The van der Waals surface area contributed by atoms with Crippen molar-refractivity contribution in [3.05, 3.63) is 34.3 Å². The molecule has 0 aromatic carbocycles. The van der Waals surface area contributed by atoms with Crippen molar-refractivity contribution in [1.29, 1.82) is 0 Å². The number of ether oxygens (including phenoxy) is 1. The normalized spacial score (nSPS) is 18.7. The van der Waals surface area contributed by atoms with E-state index in [1.807, 2.05) is 11.6 Å². The van der Waals surface area contributed by atoms with Gasteiger partial charge in [-0.3, -0.25) is 9.67 Å². The predicted octanol–water partition coefficient (Wildman–Crippen LogP) is 2.77. The quantitative estimate of drug-likeness (QED) is 0.813. The minimum Gasteiger partial charge on any atom is -0.370 e. The number of rotatable bonds is 1. The second-order valence-corrected chi connectivity index (χ2v) is 5.07. The summed E-state index contributed by atoms with van der Waals surface area (Å²) in [6.07, 6.45) is 1.34. The van der Waals surface area contributed by atoms with Crippen LogP contribution in [0.25, 0.3) is 11.4 Å². The Balaban J connectivity index is 2.06. The Hall–Kier alpha value is -1.27. The summed E-state index contributed by atoms with van der Waals surface area (Å²) in [6.45, 7) is 3.25. The molecule has 2 aromatic rings. The van der Waals surface area contributed by atoms with E-state index in [9.17, 15) is 4.39 Å². The van der Waals surface area contributed by atoms with Gasteiger partial charge in [0.15, 0.2) is 0 Å². The van der Waals surface area contributed by atoms with Crippen molar-refractivity contribution in [3.8, 4) is 11.4 Å². The molecular formula is C12H11BrFN3O. The summed E-state index contributed by atoms with van der Waals surface area (Å²) < 4.78 is 21.2. The highest BCUT2D eigenvalue weighted by atomic mass is 79.9. The van der Waals surface area contributed by atoms with Crippen LogP contribution in [-0.2, 0) is 17.9 Å². The van der Waals surface area contributed by atoms with Gasteiger partial charge in [0.2, 0.25) is 0 Å². The van der Waals surface area contributed by atoms with E-state index >= 15 is 0 Å². The molecule has 2 aromatic heterocycles. The molecule has 6 heteroatoms. The number of hydrogen-bond acceptors (Lipinski definition) is 3. The number of fused-ring (bicyclic) bond motifs is 1. The van der Waals surface area contributed by atoms with Crippen molar-refractivity contribution in [2.24, 2.45) is 0 Å². The first-order chi connectivity index (χ1) is 8.65. The Morgan fingerprint density at radius 3 is 3.06 bits per heavy atom. The van der Waals surface area contributed by atoms with E-state index in [0.29, 0.717) is 12.3 Å². The molecule has 0 aliphatic carbocycles. The fraction of sp³-hybridized carbons (Fsp3) is 0.333. The maximum absolute atomic E-state index is 12.9. The highest BCUT2D eigenvalue weighted by molar-refractivity contribution is 9.10. The van der Waals surface area contributed by atoms with Gasteiger partial charge in [-0.25, -0.2) is 4.39 Å². The average Bonchev–Trinajstić information content (AvgIpc) is 2.67. The maximum Gasteiger partial charge on any atom is 0.141 e. The largest absolute Gasteiger partial charge is 0.370 e. The molecule has 0 N–H and O–H groups in total. The Bertz CT molecular complexity index is 582. The molecule has 1 atom stereocenters. The van der Waals surface area contributed by atoms with Gasteiger partial charge in [0.25, 0.3) is 0 Å². The molecule has 0 unspecified atom stereocenters. The van der Waals surface area contributed by atoms with Gasteiger partial charge in [-0.15, -0.1) is 0 Å². The lowest BCUT2D eigenvalue weighted by Crippen LogP contribution is -2.25. The summed E-state index contributed by atoms with van der Waals surface area (Å²) in [5.41, 5.74) is 2.37. The van der Waals surface area contributed by atoms with Gasteiger partial charge in [-0.05, 0) is 35.0 Å². The second-order valence-electron chi connectivity index (χ2n) is 4.27. The highest BCUT2D eigenvalue weighted by Crippen LogP contribution is 2.31. The monoisotopic (exact) mass is 311 g/mol. The minimum absolute atomic E-state index is 0.151. The third-order valence-corrected chi connectivity index (χ3v) is 3.73. The van der Waals surface area contributed by atoms with Crippen LogP contribution in [0.1, 0.15) is 12.6 Å². The molecule has 18 heavy (non-hydrogen) atoms. The Kier molecular flexibility index (Phi) is 2.91. The van der Waals surface area contributed by atoms with E-state index in [1.54, 1.807) is 6.07 Å². The first kappa shape index (κ1) is 11.8. The Labute approximate surface area is 112 Å². The Morgan fingerprint density at radius 1 is 1.50 bits per heavy atom. The summed E-state index contributed by atoms with van der Waals surface area (Å²) in [6, 6.07) is 3.00. The standard InChI is InChI=1S/C12H11BrFN3O/c1-7-5-17-10(6-18-7)11(13)12(16-17)9-3-2-8(14)4-15-9/h2-4,7H,5-6H2,1H3/t7-/m1/s1. The Morgan fingerprint density at radius 2 is 2.33 bits per heavy atom. The number of hydrogen-bond donors (Lipinski definition) is 0. The van der Waals surface area contributed by atoms with Gasteiger partial charge < -0.3 is 4.74 Å². The molecule has 0 amide bonds. The van der Waals surface area contributed by atoms with Gasteiger partial charge in [0.05, 0.1) is 41.3 Å². The van der Waals surface area contributed by atoms with E-state index in [1.165, 1.54) is 12.3 Å². The molecule has 3 heterocycles. The molecule has 3 rings (SSSR count). The molecule has 0 saturated carbocycles. The van der Waals surface area contributed by atoms with Crippen molar-refractivity contribution in [2.45, 2.75) is 26.2 Å². The molecule has 0 bridgehead atoms. The zero-order chi connectivity index (χ0) is 12.7. The fourth-order valence-corrected chi connectivity index (χ4v) is 2.56. The predicted molar refractivity (Wildman–Crippen MR) is 67.4 cm³/mol. The molecule has 1 aliphatic heterocycles. The lowest BCUT2D eigenvalue weighted by Gasteiger charge is -2.20. The van der Waals surface area contributed by atoms with Gasteiger partial charge in [0.1, 0.15) is 11.5 Å². The van der Waals surface area contributed by atoms with Crippen LogP contribution in [0.2, 0.25) is 0 Å². The van der Waals surface area contributed by atoms with Crippen LogP contribution in [0.5, 0.6) is 0 Å². The number of halogens is 2. The number of aromatic nitrogens is 3. The van der Waals surface area contributed by atoms with Crippen LogP contribution < -0.4 is 0 Å². The molecule has 4 nitrogen and oxygen atoms in total. The summed E-state index contributed by atoms with van der Waals surface area (Å²) in [4.78, 5) is 4.05. The van der Waals surface area contributed by atoms with Crippen molar-refractivity contribution < 1.29 is 9.13 Å². The summed E-state index contributed by atoms with van der Waals surface area (Å²) in [5, 5.41) is 4.51. The smallest absolute Gasteiger partial charge is 0.141 e. The van der Waals surface area contributed by atoms with E-state index in [2.05, 4.69) is 26.0 Å². The van der Waals surface area contributed by atoms with Crippen LogP contribution in [0.4, 0.5) is 4.39 Å². The van der Waals surface area contributed by atoms with Gasteiger partial charge in [-0.1, -0.05) is 0 Å². The van der Waals surface area contributed by atoms with Gasteiger partial charge >= 0.3 is 0 Å². The summed E-state index contributed by atoms with van der Waals surface area (Å²) in [5.74, 6) is -0.351. The zero-order valence-electron chi connectivity index (χ0n) is 9.73. The summed E-state index contributed by atoms with van der Waals surface area (Å²) >= 11 is 3.52. The molecule has 1 aliphatic rings. The van der Waals surface area contributed by atoms with Crippen molar-refractivity contribution >= 4 is 15.9 Å². The minimum atomic E-state index is -0.351. The topological polar surface area (TPSA) is 39.9 Å². The van der Waals surface area contributed by atoms with Crippen molar-refractivity contribution in [1.82, 2.24) is 14.8 Å². The SMILES string of the molecule is C[C@@H]1Cn2nc(-c3ccc(F)cn3)c(Br)c2CO1. The molecule has 0 saturated heterocycles. The van der Waals surface area contributed by atoms with Crippen molar-refractivity contribution in [2.75, 3.05) is 0 Å². The first-order valence-corrected chi connectivity index (χ1v) is 6.43. The molecule has 0 fully saturated rings. The fourth-order valence-electron chi connectivity index (χ4n) is 1.96. The van der Waals surface area contributed by atoms with E-state index < -0.39 is 0 Å². The highest BCUT2D eigenvalue weighted by Gasteiger charge is 2.23. The van der Waals surface area contributed by atoms with E-state index in [4.69, 9.17) is 4.74 Å². The van der Waals surface area contributed by atoms with Gasteiger partial charge in [-0.2, -0.15) is 5.10 Å². The van der Waals surface area contributed by atoms with Crippen LogP contribution in [0.3, 0.4) is 0 Å². The van der Waals surface area contributed by atoms with Crippen LogP contribution in [0.15, 0.2) is 22.8 Å². The van der Waals surface area contributed by atoms with Crippen LogP contribution in [-0.4, -0.2) is 20.9 Å². The maximum atomic E-state index is 12.9. The molecular weight excluding hydrogens is 301 g/mol. The second kappa shape index (κ2) is 4.44. The van der Waals surface area contributed by atoms with E-state index in [0.717, 1.165) is 22.4 Å². The summed E-state index contributed by atoms with van der Waals surface area (Å²) in [7, 11) is 0. The van der Waals surface area contributed by atoms with E-state index in [-0.39, 0.29) is 11.9 Å². The average molecular weight is 312 g/mol. The third-order valence-electron chi connectivity index (χ3n) is 2.90. The number of nitrogens with zero attached hydrogens (tertiary/aromatic N) is 3. The first-order valence-electron chi connectivity index (χ1n) is 5.64.